The summed E-state index contributed by atoms with van der Waals surface area (Å²) < 4.78 is 23.3. The highest BCUT2D eigenvalue weighted by Crippen LogP contribution is 2.21. The third-order valence-corrected chi connectivity index (χ3v) is 5.89. The number of carbonyl (C=O) groups excluding carboxylic acids is 1. The number of aliphatic carboxylic acids is 1. The minimum atomic E-state index is -3.19. The molecule has 2 unspecified atom stereocenters. The number of nitrogens with zero attached hydrogens (tertiary/aromatic N) is 1. The Morgan fingerprint density at radius 2 is 1.95 bits per heavy atom. The Balaban J connectivity index is 2.50. The number of carboxylic acid groups (broad SMARTS) is 1. The van der Waals surface area contributed by atoms with Crippen molar-refractivity contribution in [2.75, 3.05) is 25.4 Å². The smallest absolute Gasteiger partial charge is 0.317 e. The third-order valence-electron chi connectivity index (χ3n) is 3.68. The summed E-state index contributed by atoms with van der Waals surface area (Å²) in [6.45, 7) is 5.80. The van der Waals surface area contributed by atoms with Crippen LogP contribution in [0.2, 0.25) is 0 Å². The summed E-state index contributed by atoms with van der Waals surface area (Å²) in [5.41, 5.74) is 0. The Labute approximate surface area is 125 Å². The van der Waals surface area contributed by atoms with Gasteiger partial charge in [-0.3, -0.25) is 4.79 Å². The van der Waals surface area contributed by atoms with Gasteiger partial charge in [0.15, 0.2) is 9.84 Å². The second kappa shape index (κ2) is 7.11. The maximum absolute atomic E-state index is 12.0. The molecule has 8 heteroatoms. The first-order valence-electron chi connectivity index (χ1n) is 7.10. The normalized spacial score (nSPS) is 23.1. The number of nitrogens with one attached hydrogen (secondary N) is 1. The van der Waals surface area contributed by atoms with E-state index >= 15 is 0 Å². The molecule has 7 nitrogen and oxygen atoms in total. The number of urea groups is 1. The van der Waals surface area contributed by atoms with Crippen LogP contribution in [0.25, 0.3) is 0 Å². The van der Waals surface area contributed by atoms with Gasteiger partial charge in [0.2, 0.25) is 0 Å². The molecule has 0 aromatic heterocycles. The number of likely N-dealkylation sites (tertiary alicyclic amines) is 1. The van der Waals surface area contributed by atoms with Gasteiger partial charge < -0.3 is 15.3 Å². The molecule has 1 heterocycles. The van der Waals surface area contributed by atoms with Crippen molar-refractivity contribution in [3.8, 4) is 0 Å². The molecule has 0 radical (unpaired) electrons. The number of sulfone groups is 1. The lowest BCUT2D eigenvalue weighted by atomic mass is 9.91. The number of rotatable bonds is 5. The largest absolute Gasteiger partial charge is 0.481 e. The Bertz CT molecular complexity index is 489. The summed E-state index contributed by atoms with van der Waals surface area (Å²) in [6.07, 6.45) is 0.556. The van der Waals surface area contributed by atoms with Crippen LogP contribution in [0, 0.1) is 11.8 Å². The number of carbonyl (C=O) groups is 2. The first-order chi connectivity index (χ1) is 9.63. The Hall–Kier alpha value is -1.31. The molecular weight excluding hydrogens is 296 g/mol. The van der Waals surface area contributed by atoms with Crippen molar-refractivity contribution < 1.29 is 23.1 Å². The van der Waals surface area contributed by atoms with Gasteiger partial charge in [0.1, 0.15) is 0 Å². The lowest BCUT2D eigenvalue weighted by Crippen LogP contribution is -2.50. The van der Waals surface area contributed by atoms with Gasteiger partial charge in [-0.15, -0.1) is 0 Å². The van der Waals surface area contributed by atoms with Crippen LogP contribution >= 0.6 is 0 Å². The summed E-state index contributed by atoms with van der Waals surface area (Å²) in [5, 5.41) is 11.1. The minimum absolute atomic E-state index is 0.0436. The maximum Gasteiger partial charge on any atom is 0.317 e. The van der Waals surface area contributed by atoms with E-state index in [1.807, 2.05) is 6.92 Å². The molecule has 2 atom stereocenters. The molecule has 0 spiro atoms. The number of carboxylic acids is 1. The van der Waals surface area contributed by atoms with Crippen LogP contribution in [0.5, 0.6) is 0 Å². The lowest BCUT2D eigenvalue weighted by molar-refractivity contribution is -0.143. The van der Waals surface area contributed by atoms with Gasteiger partial charge in [0.05, 0.1) is 16.9 Å². The fraction of sp³-hybridized carbons (Fsp3) is 0.846. The van der Waals surface area contributed by atoms with Crippen molar-refractivity contribution >= 4 is 21.8 Å². The van der Waals surface area contributed by atoms with E-state index in [0.717, 1.165) is 0 Å². The van der Waals surface area contributed by atoms with Gasteiger partial charge in [-0.25, -0.2) is 13.2 Å². The summed E-state index contributed by atoms with van der Waals surface area (Å²) >= 11 is 0. The van der Waals surface area contributed by atoms with Gasteiger partial charge in [-0.05, 0) is 26.2 Å². The molecule has 122 valence electrons. The molecule has 1 aliphatic rings. The second-order valence-electron chi connectivity index (χ2n) is 5.93. The van der Waals surface area contributed by atoms with E-state index < -0.39 is 33.0 Å². The van der Waals surface area contributed by atoms with E-state index in [1.165, 1.54) is 4.90 Å². The molecule has 1 aliphatic heterocycles. The topological polar surface area (TPSA) is 104 Å². The Morgan fingerprint density at radius 1 is 1.33 bits per heavy atom. The highest BCUT2D eigenvalue weighted by atomic mass is 32.2. The molecule has 1 saturated heterocycles. The number of amides is 2. The van der Waals surface area contributed by atoms with Crippen LogP contribution in [0.1, 0.15) is 27.2 Å². The van der Waals surface area contributed by atoms with Crippen LogP contribution in [-0.2, 0) is 14.6 Å². The fourth-order valence-corrected chi connectivity index (χ4v) is 3.20. The lowest BCUT2D eigenvalue weighted by Gasteiger charge is -2.34. The average molecular weight is 320 g/mol. The van der Waals surface area contributed by atoms with E-state index in [2.05, 4.69) is 5.32 Å². The first kappa shape index (κ1) is 17.7. The monoisotopic (exact) mass is 320 g/mol. The predicted molar refractivity (Wildman–Crippen MR) is 78.8 cm³/mol. The van der Waals surface area contributed by atoms with E-state index in [0.29, 0.717) is 13.0 Å². The number of piperidine rings is 1. The quantitative estimate of drug-likeness (QED) is 0.770. The molecule has 21 heavy (non-hydrogen) atoms. The zero-order valence-corrected chi connectivity index (χ0v) is 13.5. The van der Waals surface area contributed by atoms with E-state index in [4.69, 9.17) is 5.11 Å². The van der Waals surface area contributed by atoms with Crippen LogP contribution in [0.15, 0.2) is 0 Å². The standard InChI is InChI=1S/C13H24N2O5S/c1-9(2)21(19,20)5-4-14-13(18)15-7-10(3)6-11(8-15)12(16)17/h9-11H,4-8H2,1-3H3,(H,14,18)(H,16,17). The molecule has 0 aromatic rings. The molecule has 1 rings (SSSR count). The van der Waals surface area contributed by atoms with Crippen molar-refractivity contribution in [3.05, 3.63) is 0 Å². The van der Waals surface area contributed by atoms with E-state index in [9.17, 15) is 18.0 Å². The molecule has 0 aliphatic carbocycles. The van der Waals surface area contributed by atoms with Crippen molar-refractivity contribution in [1.82, 2.24) is 10.2 Å². The SMILES string of the molecule is CC1CC(C(=O)O)CN(C(=O)NCCS(=O)(=O)C(C)C)C1. The zero-order chi connectivity index (χ0) is 16.2. The molecule has 0 saturated carbocycles. The van der Waals surface area contributed by atoms with Crippen molar-refractivity contribution in [3.63, 3.8) is 0 Å². The summed E-state index contributed by atoms with van der Waals surface area (Å²) in [7, 11) is -3.19. The fourth-order valence-electron chi connectivity index (χ4n) is 2.34. The summed E-state index contributed by atoms with van der Waals surface area (Å²) in [6, 6.07) is -0.397. The average Bonchev–Trinajstić information content (AvgIpc) is 2.37. The Kier molecular flexibility index (Phi) is 6.00. The summed E-state index contributed by atoms with van der Waals surface area (Å²) in [4.78, 5) is 24.5. The van der Waals surface area contributed by atoms with Gasteiger partial charge in [0.25, 0.3) is 0 Å². The van der Waals surface area contributed by atoms with Gasteiger partial charge >= 0.3 is 12.0 Å². The molecule has 2 amide bonds. The maximum atomic E-state index is 12.0. The number of hydrogen-bond acceptors (Lipinski definition) is 4. The van der Waals surface area contributed by atoms with Crippen LogP contribution in [-0.4, -0.2) is 61.1 Å². The molecule has 2 N–H and O–H groups in total. The van der Waals surface area contributed by atoms with Gasteiger partial charge in [-0.2, -0.15) is 0 Å². The van der Waals surface area contributed by atoms with E-state index in [1.54, 1.807) is 13.8 Å². The van der Waals surface area contributed by atoms with Crippen molar-refractivity contribution in [2.45, 2.75) is 32.4 Å². The molecular formula is C13H24N2O5S. The second-order valence-corrected chi connectivity index (χ2v) is 8.61. The predicted octanol–water partition coefficient (Wildman–Crippen LogP) is 0.562. The Morgan fingerprint density at radius 3 is 2.48 bits per heavy atom. The minimum Gasteiger partial charge on any atom is -0.481 e. The van der Waals surface area contributed by atoms with Crippen molar-refractivity contribution in [1.29, 1.82) is 0 Å². The number of hydrogen-bond donors (Lipinski definition) is 2. The molecule has 1 fully saturated rings. The van der Waals surface area contributed by atoms with E-state index in [-0.39, 0.29) is 24.8 Å². The highest BCUT2D eigenvalue weighted by Gasteiger charge is 2.31. The molecule has 0 aromatic carbocycles. The molecule has 0 bridgehead atoms. The van der Waals surface area contributed by atoms with Crippen LogP contribution in [0.3, 0.4) is 0 Å². The first-order valence-corrected chi connectivity index (χ1v) is 8.82. The van der Waals surface area contributed by atoms with Gasteiger partial charge in [0, 0.05) is 19.6 Å². The van der Waals surface area contributed by atoms with Crippen LogP contribution in [0.4, 0.5) is 4.79 Å². The van der Waals surface area contributed by atoms with Crippen LogP contribution < -0.4 is 5.32 Å². The highest BCUT2D eigenvalue weighted by molar-refractivity contribution is 7.92. The van der Waals surface area contributed by atoms with Gasteiger partial charge in [-0.1, -0.05) is 6.92 Å². The third kappa shape index (κ3) is 5.18. The summed E-state index contributed by atoms with van der Waals surface area (Å²) in [5.74, 6) is -1.45. The zero-order valence-electron chi connectivity index (χ0n) is 12.7. The van der Waals surface area contributed by atoms with Crippen molar-refractivity contribution in [2.24, 2.45) is 11.8 Å².